The maximum Gasteiger partial charge on any atom is 0.275 e. The van der Waals surface area contributed by atoms with Crippen LogP contribution in [0.5, 0.6) is 0 Å². The first-order valence-electron chi connectivity index (χ1n) is 7.20. The van der Waals surface area contributed by atoms with E-state index in [2.05, 4.69) is 12.2 Å². The van der Waals surface area contributed by atoms with Gasteiger partial charge in [0.05, 0.1) is 15.5 Å². The fourth-order valence-corrected chi connectivity index (χ4v) is 3.06. The predicted octanol–water partition coefficient (Wildman–Crippen LogP) is 4.16. The largest absolute Gasteiger partial charge is 0.312 e. The maximum atomic E-state index is 11.0. The number of benzene rings is 1. The van der Waals surface area contributed by atoms with Crippen molar-refractivity contribution < 1.29 is 4.92 Å². The van der Waals surface area contributed by atoms with Crippen LogP contribution in [0.15, 0.2) is 18.2 Å². The molecule has 0 radical (unpaired) electrons. The van der Waals surface area contributed by atoms with E-state index < -0.39 is 0 Å². The molecule has 1 N–H and O–H groups in total. The van der Waals surface area contributed by atoms with Crippen LogP contribution in [0.3, 0.4) is 0 Å². The smallest absolute Gasteiger partial charge is 0.275 e. The van der Waals surface area contributed by atoms with Gasteiger partial charge in [0.15, 0.2) is 0 Å². The van der Waals surface area contributed by atoms with Crippen LogP contribution < -0.4 is 5.32 Å². The first-order valence-corrected chi connectivity index (χ1v) is 7.58. The Balaban J connectivity index is 1.89. The van der Waals surface area contributed by atoms with Crippen molar-refractivity contribution in [3.05, 3.63) is 38.9 Å². The number of nitro groups is 1. The third-order valence-electron chi connectivity index (χ3n) is 4.16. The molecule has 1 aromatic carbocycles. The maximum absolute atomic E-state index is 11.0. The third kappa shape index (κ3) is 3.93. The molecule has 0 spiro atoms. The second-order valence-electron chi connectivity index (χ2n) is 5.75. The number of hydrogen-bond donors (Lipinski definition) is 1. The molecule has 0 aromatic heterocycles. The van der Waals surface area contributed by atoms with E-state index in [-0.39, 0.29) is 10.6 Å². The summed E-state index contributed by atoms with van der Waals surface area (Å²) in [6.07, 6.45) is 5.08. The molecule has 110 valence electrons. The van der Waals surface area contributed by atoms with Crippen molar-refractivity contribution >= 4 is 17.3 Å². The molecular weight excluding hydrogens is 276 g/mol. The van der Waals surface area contributed by atoms with Crippen molar-refractivity contribution in [3.63, 3.8) is 0 Å². The number of nitro benzene ring substituents is 1. The van der Waals surface area contributed by atoms with Crippen molar-refractivity contribution in [1.29, 1.82) is 0 Å². The van der Waals surface area contributed by atoms with Crippen LogP contribution >= 0.6 is 11.6 Å². The third-order valence-corrected chi connectivity index (χ3v) is 4.52. The molecule has 0 atom stereocenters. The molecule has 1 aliphatic rings. The fourth-order valence-electron chi connectivity index (χ4n) is 2.83. The van der Waals surface area contributed by atoms with Crippen LogP contribution in [-0.4, -0.2) is 11.5 Å². The summed E-state index contributed by atoms with van der Waals surface area (Å²) in [5.41, 5.74) is 0.686. The first-order chi connectivity index (χ1) is 9.58. The number of rotatable bonds is 5. The molecule has 2 rings (SSSR count). The van der Waals surface area contributed by atoms with E-state index in [1.165, 1.54) is 31.7 Å². The second kappa shape index (κ2) is 7.04. The molecule has 1 saturated carbocycles. The van der Waals surface area contributed by atoms with Crippen LogP contribution in [0.4, 0.5) is 5.69 Å². The highest BCUT2D eigenvalue weighted by atomic mass is 35.5. The minimum absolute atomic E-state index is 0.0993. The predicted molar refractivity (Wildman–Crippen MR) is 80.9 cm³/mol. The normalized spacial score (nSPS) is 22.7. The molecule has 0 amide bonds. The Kier molecular flexibility index (Phi) is 5.38. The van der Waals surface area contributed by atoms with Gasteiger partial charge in [0.25, 0.3) is 5.69 Å². The highest BCUT2D eigenvalue weighted by Gasteiger charge is 2.19. The number of nitrogens with zero attached hydrogens (tertiary/aromatic N) is 1. The zero-order chi connectivity index (χ0) is 14.5. The summed E-state index contributed by atoms with van der Waals surface area (Å²) in [7, 11) is 0. The van der Waals surface area contributed by atoms with Crippen molar-refractivity contribution in [3.8, 4) is 0 Å². The van der Waals surface area contributed by atoms with Gasteiger partial charge in [-0.3, -0.25) is 10.1 Å². The lowest BCUT2D eigenvalue weighted by Crippen LogP contribution is -2.26. The summed E-state index contributed by atoms with van der Waals surface area (Å²) < 4.78 is 0. The van der Waals surface area contributed by atoms with E-state index in [0.29, 0.717) is 23.0 Å². The van der Waals surface area contributed by atoms with Crippen LogP contribution in [0.2, 0.25) is 5.02 Å². The van der Waals surface area contributed by atoms with Crippen molar-refractivity contribution in [1.82, 2.24) is 5.32 Å². The van der Waals surface area contributed by atoms with Gasteiger partial charge in [-0.15, -0.1) is 0 Å². The van der Waals surface area contributed by atoms with Gasteiger partial charge in [0.1, 0.15) is 0 Å². The van der Waals surface area contributed by atoms with Gasteiger partial charge < -0.3 is 5.32 Å². The molecule has 0 bridgehead atoms. The Morgan fingerprint density at radius 2 is 2.05 bits per heavy atom. The number of hydrogen-bond acceptors (Lipinski definition) is 3. The van der Waals surface area contributed by atoms with Gasteiger partial charge in [0.2, 0.25) is 0 Å². The van der Waals surface area contributed by atoms with Crippen molar-refractivity contribution in [2.75, 3.05) is 6.54 Å². The van der Waals surface area contributed by atoms with Crippen molar-refractivity contribution in [2.45, 2.75) is 39.2 Å². The minimum Gasteiger partial charge on any atom is -0.312 e. The monoisotopic (exact) mass is 296 g/mol. The first kappa shape index (κ1) is 15.3. The van der Waals surface area contributed by atoms with Gasteiger partial charge in [-0.1, -0.05) is 37.4 Å². The van der Waals surface area contributed by atoms with Gasteiger partial charge >= 0.3 is 0 Å². The van der Waals surface area contributed by atoms with Gasteiger partial charge in [-0.2, -0.15) is 0 Å². The lowest BCUT2D eigenvalue weighted by molar-refractivity contribution is -0.385. The molecule has 1 aromatic rings. The SMILES string of the molecule is CC1CCC(CNCc2c(Cl)cccc2[N+](=O)[O-])CC1. The van der Waals surface area contributed by atoms with E-state index in [1.807, 2.05) is 0 Å². The van der Waals surface area contributed by atoms with Crippen LogP contribution in [0.1, 0.15) is 38.2 Å². The van der Waals surface area contributed by atoms with Gasteiger partial charge in [0, 0.05) is 12.6 Å². The standard InChI is InChI=1S/C15H21ClN2O2/c1-11-5-7-12(8-6-11)9-17-10-13-14(16)3-2-4-15(13)18(19)20/h2-4,11-12,17H,5-10H2,1H3. The average Bonchev–Trinajstić information content (AvgIpc) is 2.42. The molecular formula is C15H21ClN2O2. The quantitative estimate of drug-likeness (QED) is 0.655. The molecule has 4 nitrogen and oxygen atoms in total. The fraction of sp³-hybridized carbons (Fsp3) is 0.600. The Bertz CT molecular complexity index is 471. The second-order valence-corrected chi connectivity index (χ2v) is 6.16. The summed E-state index contributed by atoms with van der Waals surface area (Å²) in [5, 5.41) is 14.8. The highest BCUT2D eigenvalue weighted by molar-refractivity contribution is 6.31. The van der Waals surface area contributed by atoms with E-state index in [9.17, 15) is 10.1 Å². The molecule has 0 heterocycles. The zero-order valence-electron chi connectivity index (χ0n) is 11.8. The molecule has 1 fully saturated rings. The number of nitrogens with one attached hydrogen (secondary N) is 1. The summed E-state index contributed by atoms with van der Waals surface area (Å²) in [4.78, 5) is 10.6. The Labute approximate surface area is 124 Å². The summed E-state index contributed by atoms with van der Waals surface area (Å²) in [6.45, 7) is 3.67. The Hall–Kier alpha value is -1.13. The summed E-state index contributed by atoms with van der Waals surface area (Å²) in [5.74, 6) is 1.53. The lowest BCUT2D eigenvalue weighted by Gasteiger charge is -2.26. The summed E-state index contributed by atoms with van der Waals surface area (Å²) >= 11 is 6.07. The van der Waals surface area contributed by atoms with Crippen LogP contribution in [0.25, 0.3) is 0 Å². The van der Waals surface area contributed by atoms with Crippen LogP contribution in [0, 0.1) is 22.0 Å². The van der Waals surface area contributed by atoms with Crippen molar-refractivity contribution in [2.24, 2.45) is 11.8 Å². The van der Waals surface area contributed by atoms with Gasteiger partial charge in [-0.05, 0) is 37.3 Å². The molecule has 0 aliphatic heterocycles. The van der Waals surface area contributed by atoms with Gasteiger partial charge in [-0.25, -0.2) is 0 Å². The van der Waals surface area contributed by atoms with E-state index >= 15 is 0 Å². The Morgan fingerprint density at radius 3 is 2.70 bits per heavy atom. The lowest BCUT2D eigenvalue weighted by atomic mass is 9.83. The van der Waals surface area contributed by atoms with E-state index in [0.717, 1.165) is 12.5 Å². The average molecular weight is 297 g/mol. The Morgan fingerprint density at radius 1 is 1.35 bits per heavy atom. The molecule has 20 heavy (non-hydrogen) atoms. The molecule has 0 unspecified atom stereocenters. The number of halogens is 1. The molecule has 0 saturated heterocycles. The zero-order valence-corrected chi connectivity index (χ0v) is 12.5. The molecule has 5 heteroatoms. The van der Waals surface area contributed by atoms with E-state index in [1.54, 1.807) is 12.1 Å². The topological polar surface area (TPSA) is 55.2 Å². The summed E-state index contributed by atoms with van der Waals surface area (Å²) in [6, 6.07) is 4.82. The molecule has 1 aliphatic carbocycles. The van der Waals surface area contributed by atoms with E-state index in [4.69, 9.17) is 11.6 Å². The van der Waals surface area contributed by atoms with Crippen LogP contribution in [-0.2, 0) is 6.54 Å². The highest BCUT2D eigenvalue weighted by Crippen LogP contribution is 2.29. The minimum atomic E-state index is -0.370.